The van der Waals surface area contributed by atoms with E-state index >= 15 is 0 Å². The van der Waals surface area contributed by atoms with Crippen LogP contribution in [0.2, 0.25) is 0 Å². The van der Waals surface area contributed by atoms with Crippen LogP contribution in [0.3, 0.4) is 0 Å². The fraction of sp³-hybridized carbons (Fsp3) is 0.188. The van der Waals surface area contributed by atoms with Gasteiger partial charge in [-0.05, 0) is 48.9 Å². The van der Waals surface area contributed by atoms with Crippen molar-refractivity contribution in [2.45, 2.75) is 13.8 Å². The average molecular weight is 344 g/mol. The minimum atomic E-state index is -0.0206. The van der Waals surface area contributed by atoms with Crippen LogP contribution in [0.25, 0.3) is 5.57 Å². The summed E-state index contributed by atoms with van der Waals surface area (Å²) in [4.78, 5) is 23.7. The van der Waals surface area contributed by atoms with E-state index in [1.165, 1.54) is 23.1 Å². The van der Waals surface area contributed by atoms with Gasteiger partial charge in [0.1, 0.15) is 0 Å². The number of anilines is 1. The minimum Gasteiger partial charge on any atom is -0.399 e. The second kappa shape index (κ2) is 6.55. The molecule has 1 aliphatic rings. The lowest BCUT2D eigenvalue weighted by Crippen LogP contribution is -2.28. The fourth-order valence-electron chi connectivity index (χ4n) is 2.25. The molecule has 1 amide bonds. The largest absolute Gasteiger partial charge is 0.399 e. The van der Waals surface area contributed by atoms with E-state index in [2.05, 4.69) is 9.98 Å². The highest BCUT2D eigenvalue weighted by molar-refractivity contribution is 8.18. The Kier molecular flexibility index (Phi) is 4.49. The maximum atomic E-state index is 12.7. The lowest BCUT2D eigenvalue weighted by atomic mass is 10.1. The van der Waals surface area contributed by atoms with Gasteiger partial charge >= 0.3 is 0 Å². The summed E-state index contributed by atoms with van der Waals surface area (Å²) in [5.41, 5.74) is 8.39. The van der Waals surface area contributed by atoms with Crippen LogP contribution in [0, 0.1) is 0 Å². The first-order valence-electron chi connectivity index (χ1n) is 7.15. The number of amides is 1. The highest BCUT2D eigenvalue weighted by atomic mass is 32.2. The summed E-state index contributed by atoms with van der Waals surface area (Å²) in [5.74, 6) is -0.0206. The maximum Gasteiger partial charge on any atom is 0.267 e. The molecule has 0 saturated carbocycles. The number of nitrogens with two attached hydrogens (primary N) is 1. The predicted octanol–water partition coefficient (Wildman–Crippen LogP) is 3.74. The minimum absolute atomic E-state index is 0.0206. The molecule has 0 radical (unpaired) electrons. The summed E-state index contributed by atoms with van der Waals surface area (Å²) >= 11 is 2.84. The Bertz CT molecular complexity index is 796. The van der Waals surface area contributed by atoms with Gasteiger partial charge in [0.2, 0.25) is 5.13 Å². The van der Waals surface area contributed by atoms with Crippen molar-refractivity contribution in [1.29, 1.82) is 0 Å². The van der Waals surface area contributed by atoms with Crippen LogP contribution >= 0.6 is 23.1 Å². The Balaban J connectivity index is 2.01. The van der Waals surface area contributed by atoms with Crippen molar-refractivity contribution >= 4 is 50.6 Å². The monoisotopic (exact) mass is 344 g/mol. The smallest absolute Gasteiger partial charge is 0.267 e. The number of thioether (sulfide) groups is 1. The van der Waals surface area contributed by atoms with Crippen LogP contribution in [0.4, 0.5) is 10.8 Å². The molecule has 1 saturated heterocycles. The van der Waals surface area contributed by atoms with Gasteiger partial charge in [-0.1, -0.05) is 12.1 Å². The molecule has 2 heterocycles. The zero-order valence-electron chi connectivity index (χ0n) is 12.8. The molecule has 0 aliphatic carbocycles. The summed E-state index contributed by atoms with van der Waals surface area (Å²) in [6.45, 7) is 4.45. The van der Waals surface area contributed by atoms with E-state index < -0.39 is 0 Å². The van der Waals surface area contributed by atoms with E-state index in [4.69, 9.17) is 5.73 Å². The second-order valence-corrected chi connectivity index (χ2v) is 6.79. The molecule has 0 atom stereocenters. The number of rotatable bonds is 3. The van der Waals surface area contributed by atoms with Crippen LogP contribution in [0.5, 0.6) is 0 Å². The molecule has 2 aromatic rings. The number of hydrogen-bond donors (Lipinski definition) is 1. The zero-order chi connectivity index (χ0) is 16.4. The molecular formula is C16H16N4OS2. The topological polar surface area (TPSA) is 71.6 Å². The Morgan fingerprint density at radius 2 is 2.26 bits per heavy atom. The third-order valence-corrected chi connectivity index (χ3v) is 5.30. The molecule has 2 N–H and O–H groups in total. The lowest BCUT2D eigenvalue weighted by Gasteiger charge is -2.11. The molecule has 5 nitrogen and oxygen atoms in total. The summed E-state index contributed by atoms with van der Waals surface area (Å²) in [6, 6.07) is 7.56. The van der Waals surface area contributed by atoms with Gasteiger partial charge in [-0.25, -0.2) is 4.98 Å². The number of allylic oxidation sites excluding steroid dienone is 1. The number of amidine groups is 1. The van der Waals surface area contributed by atoms with Crippen LogP contribution in [0.15, 0.2) is 45.7 Å². The zero-order valence-corrected chi connectivity index (χ0v) is 14.4. The summed E-state index contributed by atoms with van der Waals surface area (Å²) in [6.07, 6.45) is 1.70. The summed E-state index contributed by atoms with van der Waals surface area (Å²) in [7, 11) is 0. The van der Waals surface area contributed by atoms with Gasteiger partial charge in [0.25, 0.3) is 5.91 Å². The van der Waals surface area contributed by atoms with Gasteiger partial charge in [0.05, 0.1) is 4.91 Å². The predicted molar refractivity (Wildman–Crippen MR) is 97.6 cm³/mol. The highest BCUT2D eigenvalue weighted by Gasteiger charge is 2.34. The first-order chi connectivity index (χ1) is 11.1. The van der Waals surface area contributed by atoms with Crippen molar-refractivity contribution in [3.8, 4) is 0 Å². The van der Waals surface area contributed by atoms with Crippen molar-refractivity contribution in [3.63, 3.8) is 0 Å². The molecule has 118 valence electrons. The first-order valence-corrected chi connectivity index (χ1v) is 8.84. The number of hydrogen-bond acceptors (Lipinski definition) is 6. The Hall–Kier alpha value is -2.12. The average Bonchev–Trinajstić information content (AvgIpc) is 3.15. The number of nitrogen functional groups attached to an aromatic ring is 1. The molecule has 3 rings (SSSR count). The van der Waals surface area contributed by atoms with E-state index in [0.717, 1.165) is 11.1 Å². The van der Waals surface area contributed by atoms with Crippen molar-refractivity contribution < 1.29 is 4.79 Å². The number of aliphatic imine (C=N–C) groups is 1. The Labute approximate surface area is 142 Å². The number of carbonyl (C=O) groups excluding carboxylic acids is 1. The van der Waals surface area contributed by atoms with Gasteiger partial charge in [0.15, 0.2) is 5.17 Å². The number of aromatic nitrogens is 1. The highest BCUT2D eigenvalue weighted by Crippen LogP contribution is 2.37. The van der Waals surface area contributed by atoms with E-state index in [0.29, 0.717) is 27.4 Å². The quantitative estimate of drug-likeness (QED) is 0.680. The second-order valence-electron chi connectivity index (χ2n) is 4.94. The molecule has 0 bridgehead atoms. The van der Waals surface area contributed by atoms with Crippen LogP contribution in [0.1, 0.15) is 19.4 Å². The first kappa shape index (κ1) is 15.8. The van der Waals surface area contributed by atoms with E-state index in [-0.39, 0.29) is 5.91 Å². The number of thiazole rings is 1. The van der Waals surface area contributed by atoms with Crippen molar-refractivity contribution in [3.05, 3.63) is 46.3 Å². The number of benzene rings is 1. The maximum absolute atomic E-state index is 12.7. The van der Waals surface area contributed by atoms with Crippen molar-refractivity contribution in [2.24, 2.45) is 4.99 Å². The molecule has 23 heavy (non-hydrogen) atoms. The van der Waals surface area contributed by atoms with Gasteiger partial charge in [-0.2, -0.15) is 4.99 Å². The standard InChI is InChI=1S/C16H16N4OS2/c1-3-20-14(21)13(10(2)11-5-4-6-12(17)9-11)23-16(20)19-15-18-7-8-22-15/h4-9H,3,17H2,1-2H3/b13-10-,19-16+. The molecule has 1 aromatic carbocycles. The SMILES string of the molecule is CCN1C(=O)/C(=C(\C)c2cccc(N)c2)S/C1=N/c1nccs1. The number of carbonyl (C=O) groups is 1. The Morgan fingerprint density at radius 1 is 1.43 bits per heavy atom. The van der Waals surface area contributed by atoms with E-state index in [1.54, 1.807) is 11.1 Å². The number of nitrogens with zero attached hydrogens (tertiary/aromatic N) is 3. The van der Waals surface area contributed by atoms with Gasteiger partial charge in [-0.15, -0.1) is 11.3 Å². The summed E-state index contributed by atoms with van der Waals surface area (Å²) in [5, 5.41) is 3.19. The van der Waals surface area contributed by atoms with Crippen LogP contribution in [-0.2, 0) is 4.79 Å². The Morgan fingerprint density at radius 3 is 2.91 bits per heavy atom. The molecule has 1 fully saturated rings. The van der Waals surface area contributed by atoms with Crippen LogP contribution < -0.4 is 5.73 Å². The third-order valence-electron chi connectivity index (χ3n) is 3.45. The van der Waals surface area contributed by atoms with Gasteiger partial charge < -0.3 is 5.73 Å². The number of likely N-dealkylation sites (N-methyl/N-ethyl adjacent to an activating group) is 1. The summed E-state index contributed by atoms with van der Waals surface area (Å²) < 4.78 is 0. The van der Waals surface area contributed by atoms with Crippen LogP contribution in [-0.4, -0.2) is 27.5 Å². The third kappa shape index (κ3) is 3.16. The van der Waals surface area contributed by atoms with Crippen molar-refractivity contribution in [1.82, 2.24) is 9.88 Å². The van der Waals surface area contributed by atoms with Gasteiger partial charge in [-0.3, -0.25) is 9.69 Å². The lowest BCUT2D eigenvalue weighted by molar-refractivity contribution is -0.122. The molecule has 1 aromatic heterocycles. The molecular weight excluding hydrogens is 328 g/mol. The van der Waals surface area contributed by atoms with Gasteiger partial charge in [0, 0.05) is 23.8 Å². The normalized spacial score (nSPS) is 18.8. The molecule has 0 spiro atoms. The van der Waals surface area contributed by atoms with E-state index in [1.807, 2.05) is 43.5 Å². The molecule has 7 heteroatoms. The molecule has 0 unspecified atom stereocenters. The molecule has 1 aliphatic heterocycles. The van der Waals surface area contributed by atoms with E-state index in [9.17, 15) is 4.79 Å². The fourth-order valence-corrected chi connectivity index (χ4v) is 3.92. The van der Waals surface area contributed by atoms with Crippen molar-refractivity contribution in [2.75, 3.05) is 12.3 Å².